The molecule has 0 radical (unpaired) electrons. The molecule has 1 fully saturated rings. The van der Waals surface area contributed by atoms with Gasteiger partial charge in [0, 0.05) is 22.6 Å². The SMILES string of the molecule is Cc1ccc2ccccc2c1C[NH+]1CCN(c2cc(C(C)(C)C)nc3c(-c4ccccc4)c(C)nn23)CC1. The van der Waals surface area contributed by atoms with Crippen molar-refractivity contribution in [3.8, 4) is 11.1 Å². The van der Waals surface area contributed by atoms with Gasteiger partial charge < -0.3 is 9.80 Å². The van der Waals surface area contributed by atoms with Crippen molar-refractivity contribution in [3.05, 3.63) is 95.3 Å². The van der Waals surface area contributed by atoms with E-state index in [1.165, 1.54) is 27.5 Å². The maximum atomic E-state index is 5.18. The van der Waals surface area contributed by atoms with E-state index in [4.69, 9.17) is 10.1 Å². The molecule has 1 N–H and O–H groups in total. The lowest BCUT2D eigenvalue weighted by molar-refractivity contribution is -0.914. The summed E-state index contributed by atoms with van der Waals surface area (Å²) in [5.74, 6) is 1.16. The molecule has 5 nitrogen and oxygen atoms in total. The highest BCUT2D eigenvalue weighted by molar-refractivity contribution is 5.86. The van der Waals surface area contributed by atoms with Crippen LogP contribution in [0.25, 0.3) is 27.5 Å². The van der Waals surface area contributed by atoms with Crippen molar-refractivity contribution in [1.29, 1.82) is 0 Å². The summed E-state index contributed by atoms with van der Waals surface area (Å²) in [5.41, 5.74) is 8.22. The normalized spacial score (nSPS) is 15.0. The minimum absolute atomic E-state index is 0.0540. The first kappa shape index (κ1) is 24.6. The maximum absolute atomic E-state index is 5.18. The van der Waals surface area contributed by atoms with Crippen molar-refractivity contribution < 1.29 is 4.90 Å². The van der Waals surface area contributed by atoms with Crippen LogP contribution in [0.1, 0.15) is 43.3 Å². The van der Waals surface area contributed by atoms with Gasteiger partial charge in [0.05, 0.1) is 37.6 Å². The van der Waals surface area contributed by atoms with E-state index < -0.39 is 0 Å². The van der Waals surface area contributed by atoms with Crippen molar-refractivity contribution in [2.75, 3.05) is 31.1 Å². The summed E-state index contributed by atoms with van der Waals surface area (Å²) in [7, 11) is 0. The number of aromatic nitrogens is 3. The predicted octanol–water partition coefficient (Wildman–Crippen LogP) is 5.37. The second-order valence-corrected chi connectivity index (χ2v) is 11.8. The number of nitrogens with one attached hydrogen (secondary N) is 1. The van der Waals surface area contributed by atoms with E-state index >= 15 is 0 Å². The number of quaternary nitrogens is 1. The van der Waals surface area contributed by atoms with E-state index in [9.17, 15) is 0 Å². The molecule has 1 aliphatic rings. The summed E-state index contributed by atoms with van der Waals surface area (Å²) in [4.78, 5) is 9.34. The smallest absolute Gasteiger partial charge is 0.165 e. The fourth-order valence-corrected chi connectivity index (χ4v) is 5.82. The molecule has 5 heteroatoms. The van der Waals surface area contributed by atoms with Gasteiger partial charge in [0.15, 0.2) is 5.65 Å². The highest BCUT2D eigenvalue weighted by Gasteiger charge is 2.28. The zero-order valence-corrected chi connectivity index (χ0v) is 23.3. The van der Waals surface area contributed by atoms with Gasteiger partial charge >= 0.3 is 0 Å². The standard InChI is InChI=1S/C33H37N5/c1-23-15-16-25-11-9-10-14-27(25)28(23)22-36-17-19-37(20-18-36)30-21-29(33(3,4)5)34-32-31(24(2)35-38(30)32)26-12-7-6-8-13-26/h6-16,21H,17-20,22H2,1-5H3/p+1. The zero-order valence-electron chi connectivity index (χ0n) is 23.3. The number of fused-ring (bicyclic) bond motifs is 2. The lowest BCUT2D eigenvalue weighted by Crippen LogP contribution is -3.13. The third-order valence-electron chi connectivity index (χ3n) is 8.07. The first-order chi connectivity index (χ1) is 18.3. The van der Waals surface area contributed by atoms with Gasteiger partial charge in [0.1, 0.15) is 12.4 Å². The second-order valence-electron chi connectivity index (χ2n) is 11.8. The van der Waals surface area contributed by atoms with Crippen LogP contribution in [0.15, 0.2) is 72.8 Å². The Kier molecular flexibility index (Phi) is 6.19. The molecule has 3 aromatic carbocycles. The van der Waals surface area contributed by atoms with Crippen molar-refractivity contribution in [1.82, 2.24) is 14.6 Å². The summed E-state index contributed by atoms with van der Waals surface area (Å²) in [6.45, 7) is 16.4. The van der Waals surface area contributed by atoms with Gasteiger partial charge in [-0.2, -0.15) is 9.61 Å². The number of benzene rings is 3. The first-order valence-corrected chi connectivity index (χ1v) is 13.8. The average Bonchev–Trinajstić information content (AvgIpc) is 3.26. The van der Waals surface area contributed by atoms with Crippen LogP contribution >= 0.6 is 0 Å². The van der Waals surface area contributed by atoms with Gasteiger partial charge in [-0.3, -0.25) is 0 Å². The van der Waals surface area contributed by atoms with Crippen molar-refractivity contribution >= 4 is 22.2 Å². The number of nitrogens with zero attached hydrogens (tertiary/aromatic N) is 4. The lowest BCUT2D eigenvalue weighted by Gasteiger charge is -2.34. The number of hydrogen-bond acceptors (Lipinski definition) is 3. The Labute approximate surface area is 225 Å². The minimum Gasteiger partial charge on any atom is -0.345 e. The van der Waals surface area contributed by atoms with E-state index in [2.05, 4.69) is 117 Å². The highest BCUT2D eigenvalue weighted by atomic mass is 15.4. The Hall–Kier alpha value is -3.70. The number of rotatable bonds is 4. The highest BCUT2D eigenvalue weighted by Crippen LogP contribution is 2.33. The predicted molar refractivity (Wildman–Crippen MR) is 157 cm³/mol. The molecule has 194 valence electrons. The molecule has 2 aromatic heterocycles. The molecule has 1 saturated heterocycles. The molecule has 0 spiro atoms. The molecule has 0 aliphatic carbocycles. The third-order valence-corrected chi connectivity index (χ3v) is 8.07. The summed E-state index contributed by atoms with van der Waals surface area (Å²) < 4.78 is 2.09. The molecule has 38 heavy (non-hydrogen) atoms. The molecule has 0 unspecified atom stereocenters. The third kappa shape index (κ3) is 4.45. The molecular formula is C33H38N5+. The maximum Gasteiger partial charge on any atom is 0.165 e. The first-order valence-electron chi connectivity index (χ1n) is 13.8. The second kappa shape index (κ2) is 9.55. The van der Waals surface area contributed by atoms with E-state index in [-0.39, 0.29) is 5.41 Å². The van der Waals surface area contributed by atoms with Gasteiger partial charge in [-0.05, 0) is 35.7 Å². The Bertz CT molecular complexity index is 1600. The summed E-state index contributed by atoms with van der Waals surface area (Å²) in [6, 6.07) is 26.2. The van der Waals surface area contributed by atoms with E-state index in [1.54, 1.807) is 4.90 Å². The van der Waals surface area contributed by atoms with Crippen molar-refractivity contribution in [2.45, 2.75) is 46.6 Å². The molecule has 6 rings (SSSR count). The fourth-order valence-electron chi connectivity index (χ4n) is 5.82. The van der Waals surface area contributed by atoms with E-state index in [1.807, 2.05) is 0 Å². The van der Waals surface area contributed by atoms with Gasteiger partial charge in [0.25, 0.3) is 0 Å². The number of aryl methyl sites for hydroxylation is 2. The molecular weight excluding hydrogens is 466 g/mol. The molecule has 5 aromatic rings. The van der Waals surface area contributed by atoms with E-state index in [0.717, 1.165) is 61.1 Å². The molecule has 3 heterocycles. The van der Waals surface area contributed by atoms with Gasteiger partial charge in [-0.15, -0.1) is 0 Å². The fraction of sp³-hybridized carbons (Fsp3) is 0.333. The number of hydrogen-bond donors (Lipinski definition) is 1. The quantitative estimate of drug-likeness (QED) is 0.358. The largest absolute Gasteiger partial charge is 0.345 e. The Morgan fingerprint density at radius 1 is 0.868 bits per heavy atom. The van der Waals surface area contributed by atoms with E-state index in [0.29, 0.717) is 0 Å². The van der Waals surface area contributed by atoms with Gasteiger partial charge in [-0.25, -0.2) is 4.98 Å². The Balaban J connectivity index is 1.32. The van der Waals surface area contributed by atoms with Crippen LogP contribution in [0.4, 0.5) is 5.82 Å². The zero-order chi connectivity index (χ0) is 26.4. The molecule has 0 bridgehead atoms. The van der Waals surface area contributed by atoms with Gasteiger partial charge in [0.2, 0.25) is 0 Å². The minimum atomic E-state index is -0.0540. The van der Waals surface area contributed by atoms with Crippen LogP contribution in [-0.2, 0) is 12.0 Å². The topological polar surface area (TPSA) is 37.9 Å². The molecule has 0 saturated carbocycles. The van der Waals surface area contributed by atoms with Crippen LogP contribution in [0.5, 0.6) is 0 Å². The number of piperazine rings is 1. The van der Waals surface area contributed by atoms with Crippen LogP contribution in [0.3, 0.4) is 0 Å². The Morgan fingerprint density at radius 2 is 1.58 bits per heavy atom. The van der Waals surface area contributed by atoms with Crippen LogP contribution in [-0.4, -0.2) is 40.8 Å². The summed E-state index contributed by atoms with van der Waals surface area (Å²) in [6.07, 6.45) is 0. The molecule has 1 aliphatic heterocycles. The average molecular weight is 505 g/mol. The van der Waals surface area contributed by atoms with Crippen molar-refractivity contribution in [3.63, 3.8) is 0 Å². The van der Waals surface area contributed by atoms with Crippen LogP contribution < -0.4 is 9.80 Å². The monoisotopic (exact) mass is 504 g/mol. The lowest BCUT2D eigenvalue weighted by atomic mass is 9.91. The molecule has 0 atom stereocenters. The van der Waals surface area contributed by atoms with Crippen molar-refractivity contribution in [2.24, 2.45) is 0 Å². The number of anilines is 1. The van der Waals surface area contributed by atoms with Gasteiger partial charge in [-0.1, -0.05) is 87.5 Å². The summed E-state index contributed by atoms with van der Waals surface area (Å²) >= 11 is 0. The Morgan fingerprint density at radius 3 is 2.32 bits per heavy atom. The summed E-state index contributed by atoms with van der Waals surface area (Å²) in [5, 5.41) is 7.76. The van der Waals surface area contributed by atoms with Crippen LogP contribution in [0.2, 0.25) is 0 Å². The molecule has 0 amide bonds. The van der Waals surface area contributed by atoms with Crippen LogP contribution in [0, 0.1) is 13.8 Å².